The predicted molar refractivity (Wildman–Crippen MR) is 77.2 cm³/mol. The number of unbranched alkanes of at least 4 members (excludes halogenated alkanes) is 2. The van der Waals surface area contributed by atoms with E-state index in [1.807, 2.05) is 16.7 Å². The normalized spacial score (nSPS) is 24.1. The average molecular weight is 274 g/mol. The number of carbonyl (C=O) groups excluding carboxylic acids is 1. The second-order valence-corrected chi connectivity index (χ2v) is 6.28. The van der Waals surface area contributed by atoms with E-state index in [0.29, 0.717) is 11.3 Å². The molecule has 1 aliphatic heterocycles. The summed E-state index contributed by atoms with van der Waals surface area (Å²) in [6, 6.07) is 0.429. The predicted octanol–water partition coefficient (Wildman–Crippen LogP) is 2.34. The first-order valence-electron chi connectivity index (χ1n) is 6.82. The van der Waals surface area contributed by atoms with E-state index in [0.717, 1.165) is 44.7 Å². The number of carbonyl (C=O) groups is 1. The number of rotatable bonds is 6. The summed E-state index contributed by atoms with van der Waals surface area (Å²) in [5, 5.41) is 3.55. The summed E-state index contributed by atoms with van der Waals surface area (Å²) >= 11 is 1.95. The molecule has 0 aromatic heterocycles. The smallest absolute Gasteiger partial charge is 0.317 e. The Bertz CT molecular complexity index is 251. The highest BCUT2D eigenvalue weighted by Gasteiger charge is 2.28. The van der Waals surface area contributed by atoms with E-state index in [1.54, 1.807) is 7.11 Å². The molecule has 106 valence electrons. The lowest BCUT2D eigenvalue weighted by molar-refractivity contribution is 0.179. The fourth-order valence-corrected chi connectivity index (χ4v) is 3.16. The molecule has 0 radical (unpaired) electrons. The summed E-state index contributed by atoms with van der Waals surface area (Å²) in [5.74, 6) is 1.05. The minimum absolute atomic E-state index is 0.0985. The third-order valence-electron chi connectivity index (χ3n) is 3.45. The minimum atomic E-state index is 0.0985. The van der Waals surface area contributed by atoms with Crippen LogP contribution in [0.2, 0.25) is 0 Å². The van der Waals surface area contributed by atoms with Gasteiger partial charge in [-0.05, 0) is 26.2 Å². The van der Waals surface area contributed by atoms with Crippen molar-refractivity contribution < 1.29 is 9.53 Å². The highest BCUT2D eigenvalue weighted by molar-refractivity contribution is 8.00. The van der Waals surface area contributed by atoms with Gasteiger partial charge in [-0.2, -0.15) is 11.8 Å². The lowest BCUT2D eigenvalue weighted by Crippen LogP contribution is -2.52. The van der Waals surface area contributed by atoms with Gasteiger partial charge in [0, 0.05) is 43.9 Å². The Morgan fingerprint density at radius 3 is 2.89 bits per heavy atom. The van der Waals surface area contributed by atoms with E-state index in [4.69, 9.17) is 4.74 Å². The summed E-state index contributed by atoms with van der Waals surface area (Å²) in [6.07, 6.45) is 3.21. The quantitative estimate of drug-likeness (QED) is 0.756. The van der Waals surface area contributed by atoms with Crippen molar-refractivity contribution >= 4 is 17.8 Å². The van der Waals surface area contributed by atoms with E-state index >= 15 is 0 Å². The molecular formula is C13H26N2O2S. The monoisotopic (exact) mass is 274 g/mol. The molecule has 1 saturated heterocycles. The number of hydrogen-bond donors (Lipinski definition) is 1. The van der Waals surface area contributed by atoms with Crippen LogP contribution in [0, 0.1) is 0 Å². The average Bonchev–Trinajstić information content (AvgIpc) is 2.36. The zero-order chi connectivity index (χ0) is 13.4. The highest BCUT2D eigenvalue weighted by atomic mass is 32.2. The van der Waals surface area contributed by atoms with Crippen LogP contribution in [0.15, 0.2) is 0 Å². The van der Waals surface area contributed by atoms with Gasteiger partial charge in [0.1, 0.15) is 0 Å². The Balaban J connectivity index is 2.15. The van der Waals surface area contributed by atoms with Gasteiger partial charge in [-0.25, -0.2) is 4.79 Å². The molecule has 5 heteroatoms. The zero-order valence-corrected chi connectivity index (χ0v) is 12.6. The number of thioether (sulfide) groups is 1. The van der Waals surface area contributed by atoms with Crippen LogP contribution in [0.5, 0.6) is 0 Å². The molecule has 0 aliphatic carbocycles. The van der Waals surface area contributed by atoms with Gasteiger partial charge in [0.25, 0.3) is 0 Å². The van der Waals surface area contributed by atoms with Crippen molar-refractivity contribution in [2.45, 2.75) is 44.4 Å². The lowest BCUT2D eigenvalue weighted by Gasteiger charge is -2.37. The molecule has 0 bridgehead atoms. The third kappa shape index (κ3) is 5.06. The number of nitrogens with one attached hydrogen (secondary N) is 1. The van der Waals surface area contributed by atoms with E-state index < -0.39 is 0 Å². The summed E-state index contributed by atoms with van der Waals surface area (Å²) < 4.78 is 4.99. The van der Waals surface area contributed by atoms with Crippen LogP contribution in [0.1, 0.15) is 33.1 Å². The zero-order valence-electron chi connectivity index (χ0n) is 11.8. The Hall–Kier alpha value is -0.420. The van der Waals surface area contributed by atoms with Crippen LogP contribution >= 0.6 is 11.8 Å². The van der Waals surface area contributed by atoms with Crippen molar-refractivity contribution in [3.05, 3.63) is 0 Å². The Kier molecular flexibility index (Phi) is 7.51. The SMILES string of the molecule is COCCCCCNC(=O)N1CCSC(C)C1C. The topological polar surface area (TPSA) is 41.6 Å². The molecule has 1 aliphatic rings. The van der Waals surface area contributed by atoms with Crippen LogP contribution in [-0.4, -0.2) is 54.8 Å². The van der Waals surface area contributed by atoms with Crippen LogP contribution in [0.4, 0.5) is 4.79 Å². The molecule has 1 heterocycles. The number of hydrogen-bond acceptors (Lipinski definition) is 3. The maximum absolute atomic E-state index is 12.0. The van der Waals surface area contributed by atoms with Gasteiger partial charge in [-0.3, -0.25) is 0 Å². The standard InChI is InChI=1S/C13H26N2O2S/c1-11-12(2)18-10-8-15(11)13(16)14-7-5-4-6-9-17-3/h11-12H,4-10H2,1-3H3,(H,14,16). The number of amides is 2. The van der Waals surface area contributed by atoms with Crippen LogP contribution in [-0.2, 0) is 4.74 Å². The Morgan fingerprint density at radius 2 is 2.17 bits per heavy atom. The number of urea groups is 1. The third-order valence-corrected chi connectivity index (χ3v) is 4.78. The maximum Gasteiger partial charge on any atom is 0.317 e. The molecule has 0 saturated carbocycles. The number of nitrogens with zero attached hydrogens (tertiary/aromatic N) is 1. The first-order chi connectivity index (χ1) is 8.66. The second kappa shape index (κ2) is 8.64. The summed E-state index contributed by atoms with van der Waals surface area (Å²) in [4.78, 5) is 14.0. The van der Waals surface area contributed by atoms with E-state index in [2.05, 4.69) is 19.2 Å². The van der Waals surface area contributed by atoms with Crippen molar-refractivity contribution in [2.24, 2.45) is 0 Å². The summed E-state index contributed by atoms with van der Waals surface area (Å²) in [7, 11) is 1.72. The van der Waals surface area contributed by atoms with Crippen molar-refractivity contribution in [3.8, 4) is 0 Å². The van der Waals surface area contributed by atoms with Gasteiger partial charge in [-0.1, -0.05) is 6.92 Å². The molecule has 1 fully saturated rings. The molecule has 2 amide bonds. The molecule has 2 atom stereocenters. The first kappa shape index (κ1) is 15.6. The van der Waals surface area contributed by atoms with Gasteiger partial charge in [0.2, 0.25) is 0 Å². The van der Waals surface area contributed by atoms with E-state index in [1.165, 1.54) is 0 Å². The van der Waals surface area contributed by atoms with Crippen molar-refractivity contribution in [1.82, 2.24) is 10.2 Å². The molecule has 18 heavy (non-hydrogen) atoms. The Morgan fingerprint density at radius 1 is 1.39 bits per heavy atom. The second-order valence-electron chi connectivity index (χ2n) is 4.80. The van der Waals surface area contributed by atoms with Gasteiger partial charge >= 0.3 is 6.03 Å². The van der Waals surface area contributed by atoms with Crippen molar-refractivity contribution in [3.63, 3.8) is 0 Å². The summed E-state index contributed by atoms with van der Waals surface area (Å²) in [5.41, 5.74) is 0. The first-order valence-corrected chi connectivity index (χ1v) is 7.86. The molecule has 4 nitrogen and oxygen atoms in total. The highest BCUT2D eigenvalue weighted by Crippen LogP contribution is 2.23. The van der Waals surface area contributed by atoms with Crippen LogP contribution < -0.4 is 5.32 Å². The molecular weight excluding hydrogens is 248 g/mol. The van der Waals surface area contributed by atoms with E-state index in [9.17, 15) is 4.79 Å². The lowest BCUT2D eigenvalue weighted by atomic mass is 10.2. The van der Waals surface area contributed by atoms with Crippen molar-refractivity contribution in [2.75, 3.05) is 32.6 Å². The number of methoxy groups -OCH3 is 1. The van der Waals surface area contributed by atoms with Crippen LogP contribution in [0.3, 0.4) is 0 Å². The van der Waals surface area contributed by atoms with Crippen molar-refractivity contribution in [1.29, 1.82) is 0 Å². The van der Waals surface area contributed by atoms with Gasteiger partial charge < -0.3 is 15.0 Å². The molecule has 0 aromatic rings. The molecule has 1 rings (SSSR count). The molecule has 0 aromatic carbocycles. The molecule has 2 unspecified atom stereocenters. The van der Waals surface area contributed by atoms with E-state index in [-0.39, 0.29) is 6.03 Å². The van der Waals surface area contributed by atoms with Crippen LogP contribution in [0.25, 0.3) is 0 Å². The molecule has 1 N–H and O–H groups in total. The maximum atomic E-state index is 12.0. The van der Waals surface area contributed by atoms with Gasteiger partial charge in [0.05, 0.1) is 0 Å². The fourth-order valence-electron chi connectivity index (χ4n) is 2.06. The Labute approximate surface area is 115 Å². The van der Waals surface area contributed by atoms with Gasteiger partial charge in [-0.15, -0.1) is 0 Å². The minimum Gasteiger partial charge on any atom is -0.385 e. The molecule has 0 spiro atoms. The fraction of sp³-hybridized carbons (Fsp3) is 0.923. The number of ether oxygens (including phenoxy) is 1. The van der Waals surface area contributed by atoms with Gasteiger partial charge in [0.15, 0.2) is 0 Å². The largest absolute Gasteiger partial charge is 0.385 e. The summed E-state index contributed by atoms with van der Waals surface area (Å²) in [6.45, 7) is 6.78.